The number of aliphatic imine (C=N–C) groups is 1. The van der Waals surface area contributed by atoms with E-state index in [1.165, 1.54) is 11.8 Å². The number of halogens is 1. The lowest BCUT2D eigenvalue weighted by molar-refractivity contribution is -0.125. The minimum Gasteiger partial charge on any atom is -0.279 e. The Hall–Kier alpha value is -1.78. The standard InChI is InChI=1S/C16H11ClN2OS/c17-11-6-7-13-12(8-11)15(10-4-2-1-3-5-10)19-14(20)9-21-16(19)18-13/h1-8,15H,9H2/t15-/m1/s1. The van der Waals surface area contributed by atoms with Gasteiger partial charge in [-0.3, -0.25) is 9.69 Å². The van der Waals surface area contributed by atoms with Crippen LogP contribution >= 0.6 is 23.4 Å². The first kappa shape index (κ1) is 12.9. The van der Waals surface area contributed by atoms with Gasteiger partial charge in [-0.25, -0.2) is 4.99 Å². The van der Waals surface area contributed by atoms with Crippen molar-refractivity contribution in [2.24, 2.45) is 4.99 Å². The number of amides is 1. The van der Waals surface area contributed by atoms with Gasteiger partial charge in [-0.2, -0.15) is 0 Å². The molecule has 1 fully saturated rings. The second kappa shape index (κ2) is 4.90. The fourth-order valence-corrected chi connectivity index (χ4v) is 3.85. The highest BCUT2D eigenvalue weighted by Crippen LogP contribution is 2.44. The lowest BCUT2D eigenvalue weighted by Crippen LogP contribution is -2.36. The lowest BCUT2D eigenvalue weighted by Gasteiger charge is -2.32. The van der Waals surface area contributed by atoms with Crippen LogP contribution in [0.4, 0.5) is 5.69 Å². The highest BCUT2D eigenvalue weighted by molar-refractivity contribution is 8.15. The van der Waals surface area contributed by atoms with Gasteiger partial charge in [0.2, 0.25) is 5.91 Å². The molecule has 2 aromatic carbocycles. The van der Waals surface area contributed by atoms with Gasteiger partial charge in [0, 0.05) is 10.6 Å². The maximum absolute atomic E-state index is 12.3. The van der Waals surface area contributed by atoms with Crippen LogP contribution in [0.2, 0.25) is 5.02 Å². The molecule has 104 valence electrons. The number of carbonyl (C=O) groups is 1. The van der Waals surface area contributed by atoms with E-state index >= 15 is 0 Å². The molecule has 2 heterocycles. The first-order valence-electron chi connectivity index (χ1n) is 6.62. The fraction of sp³-hybridized carbons (Fsp3) is 0.125. The number of nitrogens with zero attached hydrogens (tertiary/aromatic N) is 2. The van der Waals surface area contributed by atoms with Crippen LogP contribution in [-0.4, -0.2) is 21.7 Å². The Bertz CT molecular complexity index is 760. The minimum atomic E-state index is -0.144. The van der Waals surface area contributed by atoms with Gasteiger partial charge in [0.25, 0.3) is 0 Å². The van der Waals surface area contributed by atoms with E-state index in [-0.39, 0.29) is 11.9 Å². The molecule has 0 aliphatic carbocycles. The maximum Gasteiger partial charge on any atom is 0.239 e. The van der Waals surface area contributed by atoms with Crippen molar-refractivity contribution in [1.29, 1.82) is 0 Å². The Labute approximate surface area is 131 Å². The summed E-state index contributed by atoms with van der Waals surface area (Å²) in [6, 6.07) is 15.5. The molecule has 1 amide bonds. The van der Waals surface area contributed by atoms with Gasteiger partial charge in [-0.1, -0.05) is 53.7 Å². The van der Waals surface area contributed by atoms with E-state index in [0.717, 1.165) is 22.0 Å². The predicted octanol–water partition coefficient (Wildman–Crippen LogP) is 4.01. The summed E-state index contributed by atoms with van der Waals surface area (Å²) in [5.41, 5.74) is 2.94. The van der Waals surface area contributed by atoms with E-state index in [0.29, 0.717) is 10.8 Å². The molecule has 0 aromatic heterocycles. The molecular weight excluding hydrogens is 304 g/mol. The molecule has 2 aliphatic heterocycles. The zero-order valence-electron chi connectivity index (χ0n) is 11.0. The number of carbonyl (C=O) groups excluding carboxylic acids is 1. The summed E-state index contributed by atoms with van der Waals surface area (Å²) >= 11 is 7.65. The van der Waals surface area contributed by atoms with Crippen LogP contribution in [0.1, 0.15) is 17.2 Å². The number of thioether (sulfide) groups is 1. The van der Waals surface area contributed by atoms with Crippen molar-refractivity contribution >= 4 is 40.1 Å². The third-order valence-electron chi connectivity index (χ3n) is 3.67. The van der Waals surface area contributed by atoms with Crippen molar-refractivity contribution in [3.8, 4) is 0 Å². The maximum atomic E-state index is 12.3. The van der Waals surface area contributed by atoms with Gasteiger partial charge in [0.05, 0.1) is 17.5 Å². The van der Waals surface area contributed by atoms with Gasteiger partial charge in [-0.05, 0) is 23.8 Å². The van der Waals surface area contributed by atoms with E-state index in [2.05, 4.69) is 4.99 Å². The molecule has 21 heavy (non-hydrogen) atoms. The van der Waals surface area contributed by atoms with Gasteiger partial charge in [0.1, 0.15) is 0 Å². The van der Waals surface area contributed by atoms with E-state index in [9.17, 15) is 4.79 Å². The summed E-state index contributed by atoms with van der Waals surface area (Å²) < 4.78 is 0. The van der Waals surface area contributed by atoms with Crippen molar-refractivity contribution in [3.63, 3.8) is 0 Å². The molecule has 0 unspecified atom stereocenters. The second-order valence-corrected chi connectivity index (χ2v) is 6.34. The summed E-state index contributed by atoms with van der Waals surface area (Å²) in [5.74, 6) is 0.544. The Kier molecular flexibility index (Phi) is 3.01. The van der Waals surface area contributed by atoms with Gasteiger partial charge >= 0.3 is 0 Å². The Morgan fingerprint density at radius 3 is 2.81 bits per heavy atom. The molecule has 0 N–H and O–H groups in total. The first-order chi connectivity index (χ1) is 10.2. The fourth-order valence-electron chi connectivity index (χ4n) is 2.76. The Balaban J connectivity index is 1.95. The van der Waals surface area contributed by atoms with Crippen LogP contribution < -0.4 is 0 Å². The number of fused-ring (bicyclic) bond motifs is 2. The average molecular weight is 315 g/mol. The van der Waals surface area contributed by atoms with Gasteiger partial charge in [-0.15, -0.1) is 0 Å². The SMILES string of the molecule is O=C1CSC2=Nc3ccc(Cl)cc3[C@@H](c3ccccc3)N12. The number of rotatable bonds is 1. The quantitative estimate of drug-likeness (QED) is 0.797. The van der Waals surface area contributed by atoms with Crippen LogP contribution in [0.5, 0.6) is 0 Å². The van der Waals surface area contributed by atoms with E-state index < -0.39 is 0 Å². The Morgan fingerprint density at radius 2 is 2.00 bits per heavy atom. The summed E-state index contributed by atoms with van der Waals surface area (Å²) in [6.07, 6.45) is 0. The molecule has 1 saturated heterocycles. The summed E-state index contributed by atoms with van der Waals surface area (Å²) in [4.78, 5) is 18.7. The predicted molar refractivity (Wildman–Crippen MR) is 86.1 cm³/mol. The normalized spacial score (nSPS) is 20.0. The third kappa shape index (κ3) is 2.06. The molecule has 2 aromatic rings. The van der Waals surface area contributed by atoms with Crippen LogP contribution in [0.15, 0.2) is 53.5 Å². The lowest BCUT2D eigenvalue weighted by atomic mass is 9.95. The zero-order chi connectivity index (χ0) is 14.4. The van der Waals surface area contributed by atoms with Crippen LogP contribution in [-0.2, 0) is 4.79 Å². The zero-order valence-corrected chi connectivity index (χ0v) is 12.6. The van der Waals surface area contributed by atoms with Crippen molar-refractivity contribution in [1.82, 2.24) is 4.90 Å². The first-order valence-corrected chi connectivity index (χ1v) is 7.98. The average Bonchev–Trinajstić information content (AvgIpc) is 2.87. The van der Waals surface area contributed by atoms with Crippen LogP contribution in [0.25, 0.3) is 0 Å². The summed E-state index contributed by atoms with van der Waals surface area (Å²) in [5, 5.41) is 1.44. The van der Waals surface area contributed by atoms with Crippen LogP contribution in [0.3, 0.4) is 0 Å². The molecule has 3 nitrogen and oxygen atoms in total. The molecule has 4 rings (SSSR count). The molecule has 0 saturated carbocycles. The molecule has 1 atom stereocenters. The number of hydrogen-bond donors (Lipinski definition) is 0. The van der Waals surface area contributed by atoms with Crippen molar-refractivity contribution in [2.45, 2.75) is 6.04 Å². The molecule has 5 heteroatoms. The third-order valence-corrected chi connectivity index (χ3v) is 4.85. The van der Waals surface area contributed by atoms with Gasteiger partial charge in [0.15, 0.2) is 5.17 Å². The smallest absolute Gasteiger partial charge is 0.239 e. The highest BCUT2D eigenvalue weighted by Gasteiger charge is 2.39. The largest absolute Gasteiger partial charge is 0.279 e. The highest BCUT2D eigenvalue weighted by atomic mass is 35.5. The molecule has 2 aliphatic rings. The second-order valence-electron chi connectivity index (χ2n) is 4.96. The van der Waals surface area contributed by atoms with Crippen molar-refractivity contribution in [3.05, 3.63) is 64.7 Å². The summed E-state index contributed by atoms with van der Waals surface area (Å²) in [6.45, 7) is 0. The van der Waals surface area contributed by atoms with Gasteiger partial charge < -0.3 is 0 Å². The topological polar surface area (TPSA) is 32.7 Å². The molecule has 0 bridgehead atoms. The molecule has 0 spiro atoms. The van der Waals surface area contributed by atoms with Crippen molar-refractivity contribution in [2.75, 3.05) is 5.75 Å². The summed E-state index contributed by atoms with van der Waals surface area (Å²) in [7, 11) is 0. The molecular formula is C16H11ClN2OS. The van der Waals surface area contributed by atoms with Crippen LogP contribution in [0, 0.1) is 0 Å². The number of amidine groups is 1. The van der Waals surface area contributed by atoms with Crippen molar-refractivity contribution < 1.29 is 4.79 Å². The van der Waals surface area contributed by atoms with E-state index in [1.807, 2.05) is 48.5 Å². The van der Waals surface area contributed by atoms with E-state index in [1.54, 1.807) is 4.90 Å². The van der Waals surface area contributed by atoms with E-state index in [4.69, 9.17) is 11.6 Å². The Morgan fingerprint density at radius 1 is 1.19 bits per heavy atom. The number of hydrogen-bond acceptors (Lipinski definition) is 3. The molecule has 0 radical (unpaired) electrons. The minimum absolute atomic E-state index is 0.0956. The monoisotopic (exact) mass is 314 g/mol. The number of benzene rings is 2.